The van der Waals surface area contributed by atoms with Crippen LogP contribution in [0.2, 0.25) is 0 Å². The van der Waals surface area contributed by atoms with Gasteiger partial charge in [-0.05, 0) is 32.6 Å². The first kappa shape index (κ1) is 23.1. The third kappa shape index (κ3) is 9.16. The Morgan fingerprint density at radius 1 is 1.27 bits per heavy atom. The fourth-order valence-corrected chi connectivity index (χ4v) is 3.73. The molecule has 0 spiro atoms. The van der Waals surface area contributed by atoms with Crippen LogP contribution in [0.3, 0.4) is 0 Å². The van der Waals surface area contributed by atoms with Crippen molar-refractivity contribution in [2.24, 2.45) is 10.9 Å². The van der Waals surface area contributed by atoms with Crippen molar-refractivity contribution < 1.29 is 4.79 Å². The molecule has 3 N–H and O–H groups in total. The van der Waals surface area contributed by atoms with E-state index in [0.29, 0.717) is 32.0 Å². The third-order valence-corrected chi connectivity index (χ3v) is 5.16. The van der Waals surface area contributed by atoms with Gasteiger partial charge in [0.25, 0.3) is 0 Å². The third-order valence-electron chi connectivity index (χ3n) is 4.34. The zero-order valence-electron chi connectivity index (χ0n) is 15.8. The lowest BCUT2D eigenvalue weighted by atomic mass is 10.0. The second-order valence-electron chi connectivity index (χ2n) is 6.50. The molecule has 1 amide bonds. The van der Waals surface area contributed by atoms with Gasteiger partial charge in [0.2, 0.25) is 5.91 Å². The van der Waals surface area contributed by atoms with Crippen molar-refractivity contribution in [3.8, 4) is 0 Å². The molecule has 6 nitrogen and oxygen atoms in total. The van der Waals surface area contributed by atoms with Crippen LogP contribution in [0.4, 0.5) is 0 Å². The first-order chi connectivity index (χ1) is 12.2. The number of aliphatic imine (C=N–C) groups is 1. The summed E-state index contributed by atoms with van der Waals surface area (Å²) in [5.41, 5.74) is 1.10. The van der Waals surface area contributed by atoms with Gasteiger partial charge in [-0.2, -0.15) is 0 Å². The van der Waals surface area contributed by atoms with Gasteiger partial charge in [0, 0.05) is 44.4 Å². The van der Waals surface area contributed by atoms with Gasteiger partial charge >= 0.3 is 0 Å². The highest BCUT2D eigenvalue weighted by molar-refractivity contribution is 14.0. The monoisotopic (exact) mass is 493 g/mol. The number of amides is 1. The highest BCUT2D eigenvalue weighted by Gasteiger charge is 2.17. The highest BCUT2D eigenvalue weighted by Crippen LogP contribution is 2.27. The first-order valence-corrected chi connectivity index (χ1v) is 10.2. The Bertz CT molecular complexity index is 558. The number of thiazole rings is 1. The van der Waals surface area contributed by atoms with Gasteiger partial charge in [0.15, 0.2) is 5.96 Å². The summed E-state index contributed by atoms with van der Waals surface area (Å²) < 4.78 is 0. The second kappa shape index (κ2) is 13.3. The van der Waals surface area contributed by atoms with Crippen molar-refractivity contribution in [2.45, 2.75) is 52.4 Å². The van der Waals surface area contributed by atoms with Gasteiger partial charge in [-0.15, -0.1) is 35.3 Å². The normalized spacial score (nSPS) is 14.8. The number of guanidine groups is 1. The molecule has 0 saturated heterocycles. The summed E-state index contributed by atoms with van der Waals surface area (Å²) in [6.07, 6.45) is 6.51. The average Bonchev–Trinajstić information content (AvgIpc) is 3.23. The maximum Gasteiger partial charge on any atom is 0.220 e. The van der Waals surface area contributed by atoms with E-state index >= 15 is 0 Å². The Labute approximate surface area is 178 Å². The number of hydrogen-bond acceptors (Lipinski definition) is 4. The summed E-state index contributed by atoms with van der Waals surface area (Å²) in [5.74, 6) is 1.57. The summed E-state index contributed by atoms with van der Waals surface area (Å²) in [4.78, 5) is 20.9. The Balaban J connectivity index is 0.00000338. The molecule has 148 valence electrons. The minimum absolute atomic E-state index is 0. The molecule has 1 aromatic rings. The van der Waals surface area contributed by atoms with E-state index in [0.717, 1.165) is 29.6 Å². The molecule has 26 heavy (non-hydrogen) atoms. The van der Waals surface area contributed by atoms with Gasteiger partial charge in [-0.1, -0.05) is 12.8 Å². The molecule has 2 rings (SSSR count). The maximum absolute atomic E-state index is 11.9. The van der Waals surface area contributed by atoms with E-state index < -0.39 is 0 Å². The van der Waals surface area contributed by atoms with E-state index in [9.17, 15) is 4.79 Å². The van der Waals surface area contributed by atoms with Crippen LogP contribution in [0.15, 0.2) is 10.4 Å². The fourth-order valence-electron chi connectivity index (χ4n) is 3.08. The van der Waals surface area contributed by atoms with E-state index in [1.165, 1.54) is 25.7 Å². The Hall–Kier alpha value is -0.900. The number of aryl methyl sites for hydroxylation is 1. The van der Waals surface area contributed by atoms with Crippen LogP contribution in [0.25, 0.3) is 0 Å². The Kier molecular flexibility index (Phi) is 11.8. The molecule has 8 heteroatoms. The molecule has 0 bridgehead atoms. The van der Waals surface area contributed by atoms with Gasteiger partial charge in [-0.3, -0.25) is 9.79 Å². The Morgan fingerprint density at radius 3 is 2.65 bits per heavy atom. The summed E-state index contributed by atoms with van der Waals surface area (Å²) >= 11 is 1.67. The molecule has 1 fully saturated rings. The van der Waals surface area contributed by atoms with Gasteiger partial charge in [0.1, 0.15) is 0 Å². The number of aromatic nitrogens is 1. The molecule has 1 aliphatic carbocycles. The predicted molar refractivity (Wildman–Crippen MR) is 120 cm³/mol. The zero-order valence-corrected chi connectivity index (χ0v) is 19.0. The van der Waals surface area contributed by atoms with Crippen LogP contribution in [0.1, 0.15) is 49.7 Å². The molecule has 1 saturated carbocycles. The number of carbonyl (C=O) groups excluding carboxylic acids is 1. The second-order valence-corrected chi connectivity index (χ2v) is 7.56. The first-order valence-electron chi connectivity index (χ1n) is 9.37. The van der Waals surface area contributed by atoms with Crippen LogP contribution >= 0.6 is 35.3 Å². The van der Waals surface area contributed by atoms with Crippen molar-refractivity contribution in [3.05, 3.63) is 16.1 Å². The molecular formula is C18H32IN5OS. The lowest BCUT2D eigenvalue weighted by Gasteiger charge is -2.13. The summed E-state index contributed by atoms with van der Waals surface area (Å²) in [7, 11) is 0. The highest BCUT2D eigenvalue weighted by atomic mass is 127. The smallest absolute Gasteiger partial charge is 0.220 e. The molecule has 1 aliphatic rings. The standard InChI is InChI=1S/C18H31N5OS.HI/c1-3-19-18(21-9-8-16-13-25-14(2)23-16)22-11-10-20-17(24)12-15-6-4-5-7-15;/h13,15H,3-12H2,1-2H3,(H,20,24)(H2,19,21,22);1H. The molecule has 0 aliphatic heterocycles. The van der Waals surface area contributed by atoms with Crippen molar-refractivity contribution in [3.63, 3.8) is 0 Å². The van der Waals surface area contributed by atoms with Crippen LogP contribution < -0.4 is 16.0 Å². The molecular weight excluding hydrogens is 461 g/mol. The van der Waals surface area contributed by atoms with Crippen molar-refractivity contribution in [2.75, 3.05) is 26.2 Å². The SMILES string of the molecule is CCNC(=NCCc1csc(C)n1)NCCNC(=O)CC1CCCC1.I. The maximum atomic E-state index is 11.9. The number of carbonyl (C=O) groups is 1. The van der Waals surface area contributed by atoms with Crippen LogP contribution in [-0.4, -0.2) is 43.0 Å². The molecule has 1 heterocycles. The van der Waals surface area contributed by atoms with Crippen LogP contribution in [0, 0.1) is 12.8 Å². The fraction of sp³-hybridized carbons (Fsp3) is 0.722. The number of nitrogens with zero attached hydrogens (tertiary/aromatic N) is 2. The zero-order chi connectivity index (χ0) is 17.9. The van der Waals surface area contributed by atoms with Gasteiger partial charge in [0.05, 0.1) is 10.7 Å². The number of halogens is 1. The van der Waals surface area contributed by atoms with Crippen LogP contribution in [-0.2, 0) is 11.2 Å². The lowest BCUT2D eigenvalue weighted by Crippen LogP contribution is -2.41. The number of rotatable bonds is 9. The molecule has 0 radical (unpaired) electrons. The topological polar surface area (TPSA) is 78.4 Å². The van der Waals surface area contributed by atoms with Gasteiger partial charge < -0.3 is 16.0 Å². The van der Waals surface area contributed by atoms with E-state index in [1.807, 2.05) is 13.8 Å². The summed E-state index contributed by atoms with van der Waals surface area (Å²) in [5, 5.41) is 12.7. The molecule has 0 unspecified atom stereocenters. The minimum atomic E-state index is 0. The average molecular weight is 493 g/mol. The molecule has 0 atom stereocenters. The van der Waals surface area contributed by atoms with Crippen molar-refractivity contribution >= 4 is 47.2 Å². The molecule has 0 aromatic carbocycles. The largest absolute Gasteiger partial charge is 0.357 e. The van der Waals surface area contributed by atoms with E-state index in [4.69, 9.17) is 0 Å². The number of hydrogen-bond donors (Lipinski definition) is 3. The van der Waals surface area contributed by atoms with Crippen LogP contribution in [0.5, 0.6) is 0 Å². The van der Waals surface area contributed by atoms with Crippen molar-refractivity contribution in [1.29, 1.82) is 0 Å². The van der Waals surface area contributed by atoms with E-state index in [1.54, 1.807) is 11.3 Å². The van der Waals surface area contributed by atoms with Gasteiger partial charge in [-0.25, -0.2) is 4.98 Å². The minimum Gasteiger partial charge on any atom is -0.357 e. The lowest BCUT2D eigenvalue weighted by molar-refractivity contribution is -0.121. The van der Waals surface area contributed by atoms with Crippen molar-refractivity contribution in [1.82, 2.24) is 20.9 Å². The van der Waals surface area contributed by atoms with E-state index in [2.05, 4.69) is 31.3 Å². The summed E-state index contributed by atoms with van der Waals surface area (Å²) in [6, 6.07) is 0. The molecule has 1 aromatic heterocycles. The number of nitrogens with one attached hydrogen (secondary N) is 3. The van der Waals surface area contributed by atoms with E-state index in [-0.39, 0.29) is 29.9 Å². The summed E-state index contributed by atoms with van der Waals surface area (Å²) in [6.45, 7) is 6.88. The quantitative estimate of drug-likeness (QED) is 0.214. The predicted octanol–water partition coefficient (Wildman–Crippen LogP) is 2.86. The Morgan fingerprint density at radius 2 is 2.00 bits per heavy atom.